The van der Waals surface area contributed by atoms with Crippen molar-refractivity contribution in [3.63, 3.8) is 0 Å². The van der Waals surface area contributed by atoms with Gasteiger partial charge in [-0.2, -0.15) is 0 Å². The summed E-state index contributed by atoms with van der Waals surface area (Å²) in [5.74, 6) is 0.515. The van der Waals surface area contributed by atoms with E-state index in [0.717, 1.165) is 44.0 Å². The van der Waals surface area contributed by atoms with Crippen molar-refractivity contribution in [1.82, 2.24) is 25.1 Å². The van der Waals surface area contributed by atoms with E-state index in [4.69, 9.17) is 10.5 Å². The van der Waals surface area contributed by atoms with Crippen LogP contribution in [-0.2, 0) is 0 Å². The van der Waals surface area contributed by atoms with Gasteiger partial charge in [-0.3, -0.25) is 9.69 Å². The second-order valence-electron chi connectivity index (χ2n) is 6.59. The number of likely N-dealkylation sites (N-methyl/N-ethyl adjacent to an activating group) is 1. The van der Waals surface area contributed by atoms with Crippen LogP contribution in [0.4, 0.5) is 5.82 Å². The number of aromatic nitrogens is 2. The molecule has 1 fully saturated rings. The number of piperazine rings is 1. The second kappa shape index (κ2) is 8.79. The Morgan fingerprint density at radius 3 is 2.81 bits per heavy atom. The number of carbonyl (C=O) groups is 1. The van der Waals surface area contributed by atoms with Crippen molar-refractivity contribution < 1.29 is 9.53 Å². The number of hydrogen-bond donors (Lipinski definition) is 2. The molecule has 2 aromatic rings. The van der Waals surface area contributed by atoms with Crippen molar-refractivity contribution in [2.24, 2.45) is 0 Å². The number of nitrogens with zero attached hydrogens (tertiary/aromatic N) is 4. The molecule has 144 valence electrons. The lowest BCUT2D eigenvalue weighted by atomic mass is 10.1. The average molecular weight is 370 g/mol. The Labute approximate surface area is 159 Å². The summed E-state index contributed by atoms with van der Waals surface area (Å²) < 4.78 is 5.91. The zero-order valence-corrected chi connectivity index (χ0v) is 15.8. The van der Waals surface area contributed by atoms with Gasteiger partial charge < -0.3 is 20.7 Å². The maximum atomic E-state index is 11.9. The summed E-state index contributed by atoms with van der Waals surface area (Å²) >= 11 is 0. The lowest BCUT2D eigenvalue weighted by molar-refractivity contribution is 0.0959. The van der Waals surface area contributed by atoms with Gasteiger partial charge >= 0.3 is 0 Å². The van der Waals surface area contributed by atoms with Crippen molar-refractivity contribution in [2.75, 3.05) is 59.2 Å². The number of carbonyl (C=O) groups excluding carboxylic acids is 1. The summed E-state index contributed by atoms with van der Waals surface area (Å²) in [5, 5.41) is 2.52. The Hall–Kier alpha value is -2.71. The molecule has 2 heterocycles. The third-order valence-electron chi connectivity index (χ3n) is 4.64. The van der Waals surface area contributed by atoms with Crippen molar-refractivity contribution in [1.29, 1.82) is 0 Å². The lowest BCUT2D eigenvalue weighted by Crippen LogP contribution is -2.45. The first-order valence-electron chi connectivity index (χ1n) is 9.05. The van der Waals surface area contributed by atoms with Crippen molar-refractivity contribution in [3.8, 4) is 17.0 Å². The number of nitrogens with two attached hydrogens (primary N) is 1. The minimum absolute atomic E-state index is 0.109. The number of nitrogen functional groups attached to an aromatic ring is 1. The van der Waals surface area contributed by atoms with Gasteiger partial charge in [0.25, 0.3) is 5.91 Å². The van der Waals surface area contributed by atoms with E-state index < -0.39 is 0 Å². The van der Waals surface area contributed by atoms with E-state index in [0.29, 0.717) is 12.3 Å². The number of amides is 1. The van der Waals surface area contributed by atoms with Crippen molar-refractivity contribution >= 4 is 11.7 Å². The molecule has 8 heteroatoms. The number of anilines is 1. The molecule has 1 saturated heterocycles. The summed E-state index contributed by atoms with van der Waals surface area (Å²) in [6.45, 7) is 5.87. The fourth-order valence-electron chi connectivity index (χ4n) is 2.93. The predicted molar refractivity (Wildman–Crippen MR) is 105 cm³/mol. The molecule has 1 amide bonds. The van der Waals surface area contributed by atoms with Crippen molar-refractivity contribution in [3.05, 3.63) is 36.2 Å². The molecule has 0 atom stereocenters. The van der Waals surface area contributed by atoms with Gasteiger partial charge in [0, 0.05) is 45.3 Å². The van der Waals surface area contributed by atoms with E-state index in [1.807, 2.05) is 24.3 Å². The molecule has 1 aromatic heterocycles. The maximum absolute atomic E-state index is 11.9. The minimum Gasteiger partial charge on any atom is -0.492 e. The van der Waals surface area contributed by atoms with Crippen molar-refractivity contribution in [2.45, 2.75) is 0 Å². The van der Waals surface area contributed by atoms with Crippen LogP contribution in [0.15, 0.2) is 30.5 Å². The first-order valence-corrected chi connectivity index (χ1v) is 9.05. The average Bonchev–Trinajstić information content (AvgIpc) is 2.69. The van der Waals surface area contributed by atoms with E-state index in [9.17, 15) is 4.79 Å². The van der Waals surface area contributed by atoms with Gasteiger partial charge in [0.05, 0.1) is 11.9 Å². The Kier molecular flexibility index (Phi) is 6.20. The predicted octanol–water partition coefficient (Wildman–Crippen LogP) is 0.712. The Morgan fingerprint density at radius 1 is 1.30 bits per heavy atom. The Balaban J connectivity index is 1.64. The van der Waals surface area contributed by atoms with Gasteiger partial charge in [0.15, 0.2) is 11.5 Å². The summed E-state index contributed by atoms with van der Waals surface area (Å²) in [4.78, 5) is 25.0. The van der Waals surface area contributed by atoms with Gasteiger partial charge in [0.1, 0.15) is 12.4 Å². The van der Waals surface area contributed by atoms with Gasteiger partial charge in [-0.25, -0.2) is 9.97 Å². The van der Waals surface area contributed by atoms with Crippen LogP contribution in [0.25, 0.3) is 11.3 Å². The molecule has 0 bridgehead atoms. The molecule has 0 saturated carbocycles. The second-order valence-corrected chi connectivity index (χ2v) is 6.59. The highest BCUT2D eigenvalue weighted by Crippen LogP contribution is 2.23. The smallest absolute Gasteiger partial charge is 0.273 e. The van der Waals surface area contributed by atoms with Crippen LogP contribution in [0.3, 0.4) is 0 Å². The molecule has 27 heavy (non-hydrogen) atoms. The number of hydrogen-bond acceptors (Lipinski definition) is 7. The zero-order chi connectivity index (χ0) is 19.2. The maximum Gasteiger partial charge on any atom is 0.273 e. The molecular formula is C19H26N6O2. The molecule has 0 radical (unpaired) electrons. The quantitative estimate of drug-likeness (QED) is 0.773. The van der Waals surface area contributed by atoms with Crippen LogP contribution in [-0.4, -0.2) is 79.1 Å². The third-order valence-corrected chi connectivity index (χ3v) is 4.64. The number of ether oxygens (including phenoxy) is 1. The van der Waals surface area contributed by atoms with Crippen LogP contribution >= 0.6 is 0 Å². The summed E-state index contributed by atoms with van der Waals surface area (Å²) in [5.41, 5.74) is 7.27. The van der Waals surface area contributed by atoms with Crippen LogP contribution in [0.1, 0.15) is 10.5 Å². The van der Waals surface area contributed by atoms with Gasteiger partial charge in [0.2, 0.25) is 0 Å². The van der Waals surface area contributed by atoms with E-state index in [-0.39, 0.29) is 17.4 Å². The molecular weight excluding hydrogens is 344 g/mol. The highest BCUT2D eigenvalue weighted by atomic mass is 16.5. The van der Waals surface area contributed by atoms with Crippen LogP contribution < -0.4 is 15.8 Å². The Bertz CT molecular complexity index is 790. The van der Waals surface area contributed by atoms with E-state index in [1.165, 1.54) is 7.05 Å². The van der Waals surface area contributed by atoms with Gasteiger partial charge in [-0.15, -0.1) is 0 Å². The number of benzene rings is 1. The largest absolute Gasteiger partial charge is 0.492 e. The first-order chi connectivity index (χ1) is 13.1. The molecule has 1 aromatic carbocycles. The van der Waals surface area contributed by atoms with Crippen LogP contribution in [0, 0.1) is 0 Å². The normalized spacial score (nSPS) is 15.5. The molecule has 8 nitrogen and oxygen atoms in total. The van der Waals surface area contributed by atoms with Crippen LogP contribution in [0.2, 0.25) is 0 Å². The molecule has 0 unspecified atom stereocenters. The third kappa shape index (κ3) is 4.93. The number of rotatable bonds is 6. The van der Waals surface area contributed by atoms with E-state index in [1.54, 1.807) is 6.20 Å². The van der Waals surface area contributed by atoms with Gasteiger partial charge in [-0.05, 0) is 19.2 Å². The number of nitrogens with one attached hydrogen (secondary N) is 1. The molecule has 0 aliphatic carbocycles. The molecule has 3 rings (SSSR count). The highest BCUT2D eigenvalue weighted by Gasteiger charge is 2.14. The monoisotopic (exact) mass is 370 g/mol. The zero-order valence-electron chi connectivity index (χ0n) is 15.8. The first kappa shape index (κ1) is 19.1. The SMILES string of the molecule is CNC(=O)c1nc(-c2cccc(OCCN3CCN(C)CC3)c2)cnc1N. The summed E-state index contributed by atoms with van der Waals surface area (Å²) in [6, 6.07) is 7.62. The molecule has 0 spiro atoms. The summed E-state index contributed by atoms with van der Waals surface area (Å²) in [6.07, 6.45) is 1.56. The standard InChI is InChI=1S/C19H26N6O2/c1-21-19(26)17-18(20)22-13-16(23-17)14-4-3-5-15(12-14)27-11-10-25-8-6-24(2)7-9-25/h3-5,12-13H,6-11H2,1-2H3,(H2,20,22)(H,21,26). The van der Waals surface area contributed by atoms with Crippen LogP contribution in [0.5, 0.6) is 5.75 Å². The van der Waals surface area contributed by atoms with E-state index >= 15 is 0 Å². The fourth-order valence-corrected chi connectivity index (χ4v) is 2.93. The van der Waals surface area contributed by atoms with Gasteiger partial charge in [-0.1, -0.05) is 12.1 Å². The molecule has 1 aliphatic heterocycles. The Morgan fingerprint density at radius 2 is 2.07 bits per heavy atom. The minimum atomic E-state index is -0.360. The van der Waals surface area contributed by atoms with E-state index in [2.05, 4.69) is 32.1 Å². The topological polar surface area (TPSA) is 96.6 Å². The molecule has 1 aliphatic rings. The summed E-state index contributed by atoms with van der Waals surface area (Å²) in [7, 11) is 3.68. The lowest BCUT2D eigenvalue weighted by Gasteiger charge is -2.32. The molecule has 3 N–H and O–H groups in total. The highest BCUT2D eigenvalue weighted by molar-refractivity contribution is 5.96. The fraction of sp³-hybridized carbons (Fsp3) is 0.421.